The number of hydrogen-bond donors (Lipinski definition) is 1. The summed E-state index contributed by atoms with van der Waals surface area (Å²) in [5, 5.41) is 10.9. The molecule has 1 amide bonds. The van der Waals surface area contributed by atoms with Gasteiger partial charge in [-0.2, -0.15) is 0 Å². The van der Waals surface area contributed by atoms with Crippen LogP contribution in [0.3, 0.4) is 0 Å². The van der Waals surface area contributed by atoms with Crippen LogP contribution in [0.2, 0.25) is 0 Å². The number of rotatable bonds is 2. The quantitative estimate of drug-likeness (QED) is 0.770. The number of fused-ring (bicyclic) bond motifs is 1. The van der Waals surface area contributed by atoms with Gasteiger partial charge in [0.2, 0.25) is 0 Å². The number of amides is 1. The van der Waals surface area contributed by atoms with Crippen molar-refractivity contribution in [3.8, 4) is 0 Å². The minimum absolute atomic E-state index is 0.0727. The van der Waals surface area contributed by atoms with Gasteiger partial charge in [-0.1, -0.05) is 0 Å². The van der Waals surface area contributed by atoms with Crippen LogP contribution in [0.4, 0.5) is 0 Å². The first kappa shape index (κ1) is 16.3. The average molecular weight is 349 g/mol. The zero-order chi connectivity index (χ0) is 18.3. The van der Waals surface area contributed by atoms with Gasteiger partial charge in [-0.05, 0) is 51.1 Å². The highest BCUT2D eigenvalue weighted by Crippen LogP contribution is 2.22. The van der Waals surface area contributed by atoms with Gasteiger partial charge < -0.3 is 14.3 Å². The summed E-state index contributed by atoms with van der Waals surface area (Å²) < 4.78 is 7.40. The van der Waals surface area contributed by atoms with Gasteiger partial charge in [-0.15, -0.1) is 10.2 Å². The van der Waals surface area contributed by atoms with Crippen molar-refractivity contribution in [3.05, 3.63) is 54.2 Å². The number of benzene rings is 1. The van der Waals surface area contributed by atoms with E-state index in [0.29, 0.717) is 29.3 Å². The number of carbonyl (C=O) groups excluding carboxylic acids is 1. The molecule has 0 unspecified atom stereocenters. The third kappa shape index (κ3) is 2.92. The molecule has 0 radical (unpaired) electrons. The molecule has 2 aromatic heterocycles. The second-order valence-electron chi connectivity index (χ2n) is 7.19. The lowest BCUT2D eigenvalue weighted by atomic mass is 10.1. The fourth-order valence-corrected chi connectivity index (χ4v) is 2.89. The van der Waals surface area contributed by atoms with E-state index < -0.39 is 0 Å². The number of nitrogens with one attached hydrogen (secondary N) is 1. The van der Waals surface area contributed by atoms with Gasteiger partial charge in [0.05, 0.1) is 30.0 Å². The Morgan fingerprint density at radius 3 is 2.81 bits per heavy atom. The smallest absolute Gasteiger partial charge is 0.256 e. The molecule has 0 spiro atoms. The highest BCUT2D eigenvalue weighted by atomic mass is 16.3. The number of carbonyl (C=O) groups is 1. The zero-order valence-corrected chi connectivity index (χ0v) is 14.9. The Kier molecular flexibility index (Phi) is 3.72. The Morgan fingerprint density at radius 1 is 1.23 bits per heavy atom. The lowest BCUT2D eigenvalue weighted by Gasteiger charge is -2.21. The predicted octanol–water partition coefficient (Wildman–Crippen LogP) is 3.32. The van der Waals surface area contributed by atoms with Gasteiger partial charge in [-0.25, -0.2) is 4.98 Å². The maximum atomic E-state index is 12.5. The Labute approximate surface area is 150 Å². The maximum Gasteiger partial charge on any atom is 0.256 e. The van der Waals surface area contributed by atoms with E-state index >= 15 is 0 Å². The second-order valence-corrected chi connectivity index (χ2v) is 7.19. The molecule has 0 fully saturated rings. The van der Waals surface area contributed by atoms with Gasteiger partial charge in [-0.3, -0.25) is 4.79 Å². The van der Waals surface area contributed by atoms with Gasteiger partial charge >= 0.3 is 0 Å². The largest absolute Gasteiger partial charge is 0.463 e. The fraction of sp³-hybridized carbons (Fsp3) is 0.263. The number of aromatic nitrogens is 2. The molecule has 0 aliphatic carbocycles. The summed E-state index contributed by atoms with van der Waals surface area (Å²) in [5.74, 6) is 0.931. The Morgan fingerprint density at radius 2 is 2.08 bits per heavy atom. The Bertz CT molecular complexity index is 1040. The molecule has 1 aromatic carbocycles. The molecular weight excluding hydrogens is 330 g/mol. The Balaban J connectivity index is 1.49. The molecule has 1 N–H and O–H groups in total. The topological polar surface area (TPSA) is 84.8 Å². The molecule has 0 saturated heterocycles. The normalized spacial score (nSPS) is 14.4. The van der Waals surface area contributed by atoms with E-state index in [1.165, 1.54) is 0 Å². The van der Waals surface area contributed by atoms with Crippen LogP contribution in [0.5, 0.6) is 0 Å². The minimum Gasteiger partial charge on any atom is -0.463 e. The van der Waals surface area contributed by atoms with Crippen molar-refractivity contribution < 1.29 is 9.21 Å². The summed E-state index contributed by atoms with van der Waals surface area (Å²) in [6.07, 6.45) is 3.82. The molecule has 4 rings (SSSR count). The number of hydrogen-bond acceptors (Lipinski definition) is 5. The maximum absolute atomic E-state index is 12.5. The van der Waals surface area contributed by atoms with Gasteiger partial charge in [0, 0.05) is 11.1 Å². The van der Waals surface area contributed by atoms with Crippen LogP contribution in [0.1, 0.15) is 43.3 Å². The van der Waals surface area contributed by atoms with Gasteiger partial charge in [0.25, 0.3) is 5.91 Å². The summed E-state index contributed by atoms with van der Waals surface area (Å²) in [6, 6.07) is 9.12. The average Bonchev–Trinajstić information content (AvgIpc) is 3.33. The van der Waals surface area contributed by atoms with Crippen LogP contribution in [-0.4, -0.2) is 27.0 Å². The van der Waals surface area contributed by atoms with Crippen LogP contribution in [0.25, 0.3) is 11.0 Å². The van der Waals surface area contributed by atoms with Gasteiger partial charge in [0.1, 0.15) is 17.3 Å². The van der Waals surface area contributed by atoms with Crippen molar-refractivity contribution in [1.29, 1.82) is 0 Å². The van der Waals surface area contributed by atoms with Crippen LogP contribution >= 0.6 is 0 Å². The van der Waals surface area contributed by atoms with E-state index in [4.69, 9.17) is 4.42 Å². The monoisotopic (exact) mass is 349 g/mol. The fourth-order valence-electron chi connectivity index (χ4n) is 2.89. The van der Waals surface area contributed by atoms with E-state index in [9.17, 15) is 4.79 Å². The summed E-state index contributed by atoms with van der Waals surface area (Å²) in [6.45, 7) is 6.34. The molecule has 0 saturated carbocycles. The molecule has 3 heterocycles. The molecule has 26 heavy (non-hydrogen) atoms. The van der Waals surface area contributed by atoms with E-state index in [1.54, 1.807) is 30.8 Å². The van der Waals surface area contributed by atoms with Crippen molar-refractivity contribution >= 4 is 28.5 Å². The first-order chi connectivity index (χ1) is 12.4. The third-order valence-electron chi connectivity index (χ3n) is 4.22. The second kappa shape index (κ2) is 5.94. The highest BCUT2D eigenvalue weighted by molar-refractivity contribution is 6.18. The summed E-state index contributed by atoms with van der Waals surface area (Å²) >= 11 is 0. The SMILES string of the molecule is CC(C)(C)n1cnc2cc(C(=O)NC3=NN=C(c4ccco4)C3)ccc21. The standard InChI is InChI=1S/C19H19N5O2/c1-19(2,3)24-11-20-13-9-12(6-7-15(13)24)18(25)21-17-10-14(22-23-17)16-5-4-8-26-16/h4-9,11H,10H2,1-3H3,(H,21,23,25). The third-order valence-corrected chi connectivity index (χ3v) is 4.22. The number of amidine groups is 1. The van der Waals surface area contributed by atoms with E-state index in [2.05, 4.69) is 45.8 Å². The number of furan rings is 1. The van der Waals surface area contributed by atoms with E-state index in [0.717, 1.165) is 11.0 Å². The van der Waals surface area contributed by atoms with Crippen LogP contribution in [-0.2, 0) is 5.54 Å². The number of imidazole rings is 1. The molecule has 132 valence electrons. The lowest BCUT2D eigenvalue weighted by Crippen LogP contribution is -2.30. The minimum atomic E-state index is -0.230. The lowest BCUT2D eigenvalue weighted by molar-refractivity contribution is 0.0977. The first-order valence-electron chi connectivity index (χ1n) is 8.38. The molecular formula is C19H19N5O2. The van der Waals surface area contributed by atoms with Crippen molar-refractivity contribution in [1.82, 2.24) is 14.9 Å². The van der Waals surface area contributed by atoms with Crippen LogP contribution in [0.15, 0.2) is 57.5 Å². The Hall–Kier alpha value is -3.22. The zero-order valence-electron chi connectivity index (χ0n) is 14.9. The molecule has 7 heteroatoms. The molecule has 0 bridgehead atoms. The molecule has 1 aliphatic rings. The summed E-state index contributed by atoms with van der Waals surface area (Å²) in [5.41, 5.74) is 2.94. The highest BCUT2D eigenvalue weighted by Gasteiger charge is 2.20. The summed E-state index contributed by atoms with van der Waals surface area (Å²) in [4.78, 5) is 17.0. The summed E-state index contributed by atoms with van der Waals surface area (Å²) in [7, 11) is 0. The van der Waals surface area contributed by atoms with E-state index in [1.807, 2.05) is 12.1 Å². The molecule has 7 nitrogen and oxygen atoms in total. The van der Waals surface area contributed by atoms with E-state index in [-0.39, 0.29) is 11.4 Å². The van der Waals surface area contributed by atoms with Crippen molar-refractivity contribution in [2.24, 2.45) is 10.2 Å². The van der Waals surface area contributed by atoms with Crippen LogP contribution in [0, 0.1) is 0 Å². The van der Waals surface area contributed by atoms with Crippen LogP contribution < -0.4 is 5.32 Å². The van der Waals surface area contributed by atoms with Crippen molar-refractivity contribution in [3.63, 3.8) is 0 Å². The van der Waals surface area contributed by atoms with Gasteiger partial charge in [0.15, 0.2) is 0 Å². The first-order valence-corrected chi connectivity index (χ1v) is 8.38. The van der Waals surface area contributed by atoms with Crippen molar-refractivity contribution in [2.45, 2.75) is 32.7 Å². The molecule has 1 aliphatic heterocycles. The predicted molar refractivity (Wildman–Crippen MR) is 99.5 cm³/mol. The van der Waals surface area contributed by atoms with Crippen molar-refractivity contribution in [2.75, 3.05) is 0 Å². The molecule has 0 atom stereocenters. The molecule has 3 aromatic rings. The number of nitrogens with zero attached hydrogens (tertiary/aromatic N) is 4.